The lowest BCUT2D eigenvalue weighted by molar-refractivity contribution is -0.102. The number of aromatic nitrogens is 3. The Kier molecular flexibility index (Phi) is 2.25. The summed E-state index contributed by atoms with van der Waals surface area (Å²) < 4.78 is 1.58. The van der Waals surface area contributed by atoms with Gasteiger partial charge in [0.15, 0.2) is 0 Å². The van der Waals surface area contributed by atoms with Gasteiger partial charge in [-0.1, -0.05) is 17.3 Å². The minimum Gasteiger partial charge on any atom is -0.285 e. The molecule has 0 fully saturated rings. The Morgan fingerprint density at radius 2 is 1.79 bits per heavy atom. The van der Waals surface area contributed by atoms with Crippen LogP contribution >= 0.6 is 0 Å². The maximum Gasteiger partial charge on any atom is 0.249 e. The Hall–Kier alpha value is -1.95. The molecule has 1 aliphatic heterocycles. The number of hydroxylamine groups is 2. The Balaban J connectivity index is 2.18. The average Bonchev–Trinajstić information content (AvgIpc) is 2.84. The topological polar surface area (TPSA) is 66.5 Å². The van der Waals surface area contributed by atoms with Gasteiger partial charge in [0, 0.05) is 0 Å². The molecule has 19 heavy (non-hydrogen) atoms. The van der Waals surface area contributed by atoms with Crippen molar-refractivity contribution in [2.45, 2.75) is 38.8 Å². The predicted molar refractivity (Wildman–Crippen MR) is 72.1 cm³/mol. The van der Waals surface area contributed by atoms with Gasteiger partial charge in [-0.05, 0) is 39.8 Å². The fourth-order valence-corrected chi connectivity index (χ4v) is 2.10. The van der Waals surface area contributed by atoms with Crippen molar-refractivity contribution in [1.29, 1.82) is 0 Å². The van der Waals surface area contributed by atoms with Crippen LogP contribution in [0.25, 0.3) is 11.0 Å². The molecule has 6 heteroatoms. The largest absolute Gasteiger partial charge is 0.285 e. The Bertz CT molecular complexity index is 670. The minimum absolute atomic E-state index is 0.406. The van der Waals surface area contributed by atoms with Crippen molar-refractivity contribution in [2.24, 2.45) is 4.99 Å². The molecule has 0 saturated carbocycles. The monoisotopic (exact) mass is 259 g/mol. The first-order valence-electron chi connectivity index (χ1n) is 6.24. The Morgan fingerprint density at radius 1 is 1.11 bits per heavy atom. The van der Waals surface area contributed by atoms with Crippen LogP contribution in [0.15, 0.2) is 29.3 Å². The van der Waals surface area contributed by atoms with Crippen LogP contribution in [0.3, 0.4) is 0 Å². The third-order valence-corrected chi connectivity index (χ3v) is 4.14. The van der Waals surface area contributed by atoms with E-state index in [9.17, 15) is 5.21 Å². The van der Waals surface area contributed by atoms with Crippen molar-refractivity contribution in [1.82, 2.24) is 20.1 Å². The molecule has 100 valence electrons. The standard InChI is InChI=1S/C13H17N5O/c1-12(2)13(3,4)18(19)11(14-12)17-10-8-6-5-7-9(10)15-16-17/h5-8,19H,1-4H3. The number of hydrogen-bond donors (Lipinski definition) is 1. The molecular weight excluding hydrogens is 242 g/mol. The lowest BCUT2D eigenvalue weighted by Gasteiger charge is -2.36. The first-order valence-corrected chi connectivity index (χ1v) is 6.24. The lowest BCUT2D eigenvalue weighted by Crippen LogP contribution is -2.52. The average molecular weight is 259 g/mol. The van der Waals surface area contributed by atoms with Gasteiger partial charge in [0.1, 0.15) is 5.52 Å². The van der Waals surface area contributed by atoms with E-state index < -0.39 is 11.1 Å². The van der Waals surface area contributed by atoms with Crippen LogP contribution in [0.5, 0.6) is 0 Å². The summed E-state index contributed by atoms with van der Waals surface area (Å²) >= 11 is 0. The summed E-state index contributed by atoms with van der Waals surface area (Å²) in [6.07, 6.45) is 0. The molecule has 3 rings (SSSR count). The molecule has 6 nitrogen and oxygen atoms in total. The highest BCUT2D eigenvalue weighted by Crippen LogP contribution is 2.36. The van der Waals surface area contributed by atoms with Crippen LogP contribution in [0.1, 0.15) is 27.7 Å². The van der Waals surface area contributed by atoms with E-state index in [4.69, 9.17) is 0 Å². The number of fused-ring (bicyclic) bond motifs is 1. The van der Waals surface area contributed by atoms with Gasteiger partial charge in [-0.15, -0.1) is 5.10 Å². The van der Waals surface area contributed by atoms with E-state index in [-0.39, 0.29) is 0 Å². The van der Waals surface area contributed by atoms with Crippen LogP contribution in [0.4, 0.5) is 0 Å². The Morgan fingerprint density at radius 3 is 2.42 bits per heavy atom. The van der Waals surface area contributed by atoms with E-state index in [2.05, 4.69) is 15.3 Å². The molecule has 1 N–H and O–H groups in total. The summed E-state index contributed by atoms with van der Waals surface area (Å²) in [5, 5.41) is 19.8. The van der Waals surface area contributed by atoms with Gasteiger partial charge in [0.25, 0.3) is 0 Å². The molecule has 2 heterocycles. The Labute approximate surface area is 111 Å². The second-order valence-electron chi connectivity index (χ2n) is 5.83. The highest BCUT2D eigenvalue weighted by atomic mass is 16.5. The normalized spacial score (nSPS) is 20.9. The van der Waals surface area contributed by atoms with Crippen LogP contribution in [-0.2, 0) is 0 Å². The molecule has 0 amide bonds. The summed E-state index contributed by atoms with van der Waals surface area (Å²) in [7, 11) is 0. The fraction of sp³-hybridized carbons (Fsp3) is 0.462. The highest BCUT2D eigenvalue weighted by molar-refractivity contribution is 5.92. The molecule has 2 aromatic rings. The SMILES string of the molecule is CC1(C)N=C(n2nnc3ccccc32)N(O)C1(C)C. The summed E-state index contributed by atoms with van der Waals surface area (Å²) in [6, 6.07) is 7.61. The fourth-order valence-electron chi connectivity index (χ4n) is 2.10. The van der Waals surface area contributed by atoms with Gasteiger partial charge in [0.2, 0.25) is 5.96 Å². The third-order valence-electron chi connectivity index (χ3n) is 4.14. The van der Waals surface area contributed by atoms with E-state index in [0.717, 1.165) is 11.0 Å². The maximum atomic E-state index is 10.4. The van der Waals surface area contributed by atoms with E-state index in [1.165, 1.54) is 5.06 Å². The molecule has 1 aliphatic rings. The van der Waals surface area contributed by atoms with E-state index in [0.29, 0.717) is 5.96 Å². The van der Waals surface area contributed by atoms with Crippen LogP contribution in [0, 0.1) is 0 Å². The summed E-state index contributed by atoms with van der Waals surface area (Å²) in [5.41, 5.74) is 0.689. The first-order chi connectivity index (χ1) is 8.84. The number of aliphatic imine (C=N–C) groups is 1. The zero-order valence-corrected chi connectivity index (χ0v) is 11.5. The van der Waals surface area contributed by atoms with Gasteiger partial charge < -0.3 is 0 Å². The van der Waals surface area contributed by atoms with Gasteiger partial charge in [0.05, 0.1) is 16.6 Å². The van der Waals surface area contributed by atoms with Crippen molar-refractivity contribution >= 4 is 17.0 Å². The van der Waals surface area contributed by atoms with Crippen LogP contribution in [0.2, 0.25) is 0 Å². The number of rotatable bonds is 0. The minimum atomic E-state index is -0.505. The molecular formula is C13H17N5O. The highest BCUT2D eigenvalue weighted by Gasteiger charge is 2.50. The van der Waals surface area contributed by atoms with Crippen LogP contribution < -0.4 is 0 Å². The van der Waals surface area contributed by atoms with Crippen molar-refractivity contribution < 1.29 is 5.21 Å². The van der Waals surface area contributed by atoms with Crippen molar-refractivity contribution in [2.75, 3.05) is 0 Å². The number of para-hydroxylation sites is 1. The second kappa shape index (κ2) is 3.54. The van der Waals surface area contributed by atoms with Gasteiger partial charge in [-0.2, -0.15) is 4.68 Å². The molecule has 0 saturated heterocycles. The number of benzene rings is 1. The van der Waals surface area contributed by atoms with Crippen LogP contribution in [-0.4, -0.2) is 42.3 Å². The van der Waals surface area contributed by atoms with Crippen molar-refractivity contribution in [3.8, 4) is 0 Å². The van der Waals surface area contributed by atoms with Gasteiger partial charge in [-0.3, -0.25) is 5.21 Å². The molecule has 0 bridgehead atoms. The third kappa shape index (κ3) is 1.49. The molecule has 0 atom stereocenters. The molecule has 0 aliphatic carbocycles. The molecule has 0 radical (unpaired) electrons. The molecule has 1 aromatic carbocycles. The predicted octanol–water partition coefficient (Wildman–Crippen LogP) is 1.90. The molecule has 0 unspecified atom stereocenters. The smallest absolute Gasteiger partial charge is 0.249 e. The van der Waals surface area contributed by atoms with Crippen molar-refractivity contribution in [3.63, 3.8) is 0 Å². The zero-order valence-electron chi connectivity index (χ0n) is 11.5. The van der Waals surface area contributed by atoms with E-state index in [1.807, 2.05) is 52.0 Å². The van der Waals surface area contributed by atoms with Crippen molar-refractivity contribution in [3.05, 3.63) is 24.3 Å². The first kappa shape index (κ1) is 12.1. The number of nitrogens with zero attached hydrogens (tertiary/aromatic N) is 5. The van der Waals surface area contributed by atoms with E-state index >= 15 is 0 Å². The summed E-state index contributed by atoms with van der Waals surface area (Å²) in [4.78, 5) is 4.60. The van der Waals surface area contributed by atoms with E-state index in [1.54, 1.807) is 4.68 Å². The quantitative estimate of drug-likeness (QED) is 0.784. The maximum absolute atomic E-state index is 10.4. The van der Waals surface area contributed by atoms with Gasteiger partial charge >= 0.3 is 0 Å². The summed E-state index contributed by atoms with van der Waals surface area (Å²) in [6.45, 7) is 7.87. The zero-order chi connectivity index (χ0) is 13.8. The summed E-state index contributed by atoms with van der Waals surface area (Å²) in [5.74, 6) is 0.406. The molecule has 0 spiro atoms. The number of hydrogen-bond acceptors (Lipinski definition) is 5. The molecule has 1 aromatic heterocycles. The van der Waals surface area contributed by atoms with Gasteiger partial charge in [-0.25, -0.2) is 10.1 Å². The lowest BCUT2D eigenvalue weighted by atomic mass is 9.84. The second-order valence-corrected chi connectivity index (χ2v) is 5.83.